The molecule has 17 heavy (non-hydrogen) atoms. The molecule has 1 nitrogen and oxygen atoms in total. The van der Waals surface area contributed by atoms with E-state index in [0.717, 1.165) is 22.2 Å². The zero-order chi connectivity index (χ0) is 12.1. The van der Waals surface area contributed by atoms with Crippen molar-refractivity contribution in [2.24, 2.45) is 0 Å². The van der Waals surface area contributed by atoms with Crippen LogP contribution in [-0.4, -0.2) is 11.9 Å². The van der Waals surface area contributed by atoms with Gasteiger partial charge in [0.15, 0.2) is 0 Å². The second-order valence-electron chi connectivity index (χ2n) is 3.55. The lowest BCUT2D eigenvalue weighted by atomic mass is 10.1. The molecule has 0 amide bonds. The standard InChI is InChI=1S/C14H12BrClO/c15-8-9-17-14-7-6-12(10-13(14)16)11-4-2-1-3-5-11/h1-7,10H,8-9H2. The molecule has 3 heteroatoms. The first-order valence-electron chi connectivity index (χ1n) is 5.35. The molecule has 0 bridgehead atoms. The molecule has 0 unspecified atom stereocenters. The van der Waals surface area contributed by atoms with E-state index in [2.05, 4.69) is 28.1 Å². The lowest BCUT2D eigenvalue weighted by Crippen LogP contribution is -1.98. The summed E-state index contributed by atoms with van der Waals surface area (Å²) in [5.41, 5.74) is 2.25. The van der Waals surface area contributed by atoms with Gasteiger partial charge in [0.1, 0.15) is 5.75 Å². The summed E-state index contributed by atoms with van der Waals surface area (Å²) >= 11 is 9.49. The summed E-state index contributed by atoms with van der Waals surface area (Å²) in [5, 5.41) is 1.44. The Morgan fingerprint density at radius 2 is 1.76 bits per heavy atom. The first-order chi connectivity index (χ1) is 8.31. The van der Waals surface area contributed by atoms with E-state index < -0.39 is 0 Å². The third kappa shape index (κ3) is 3.24. The molecule has 2 aromatic rings. The third-order valence-electron chi connectivity index (χ3n) is 2.37. The molecule has 0 saturated carbocycles. The lowest BCUT2D eigenvalue weighted by Gasteiger charge is -2.08. The highest BCUT2D eigenvalue weighted by Gasteiger charge is 2.04. The summed E-state index contributed by atoms with van der Waals surface area (Å²) in [4.78, 5) is 0. The van der Waals surface area contributed by atoms with Crippen LogP contribution in [-0.2, 0) is 0 Å². The highest BCUT2D eigenvalue weighted by atomic mass is 79.9. The van der Waals surface area contributed by atoms with E-state index in [1.807, 2.05) is 36.4 Å². The molecule has 0 saturated heterocycles. The molecule has 2 aromatic carbocycles. The maximum atomic E-state index is 6.17. The summed E-state index contributed by atoms with van der Waals surface area (Å²) in [6.07, 6.45) is 0. The number of alkyl halides is 1. The molecule has 0 radical (unpaired) electrons. The van der Waals surface area contributed by atoms with Crippen molar-refractivity contribution in [3.8, 4) is 16.9 Å². The highest BCUT2D eigenvalue weighted by molar-refractivity contribution is 9.09. The van der Waals surface area contributed by atoms with E-state index >= 15 is 0 Å². The molecule has 0 heterocycles. The van der Waals surface area contributed by atoms with Crippen molar-refractivity contribution in [3.05, 3.63) is 53.6 Å². The minimum Gasteiger partial charge on any atom is -0.491 e. The summed E-state index contributed by atoms with van der Waals surface area (Å²) in [6, 6.07) is 16.0. The van der Waals surface area contributed by atoms with Crippen LogP contribution >= 0.6 is 27.5 Å². The van der Waals surface area contributed by atoms with E-state index in [1.54, 1.807) is 0 Å². The second-order valence-corrected chi connectivity index (χ2v) is 4.75. The van der Waals surface area contributed by atoms with Crippen LogP contribution in [0.3, 0.4) is 0 Å². The van der Waals surface area contributed by atoms with E-state index in [9.17, 15) is 0 Å². The van der Waals surface area contributed by atoms with E-state index in [-0.39, 0.29) is 0 Å². The Hall–Kier alpha value is -0.990. The number of halogens is 2. The summed E-state index contributed by atoms with van der Waals surface area (Å²) < 4.78 is 5.50. The summed E-state index contributed by atoms with van der Waals surface area (Å²) in [5.74, 6) is 0.728. The Bertz CT molecular complexity index is 485. The predicted molar refractivity (Wildman–Crippen MR) is 76.2 cm³/mol. The molecule has 0 N–H and O–H groups in total. The zero-order valence-corrected chi connectivity index (χ0v) is 11.5. The smallest absolute Gasteiger partial charge is 0.137 e. The van der Waals surface area contributed by atoms with Gasteiger partial charge in [-0.05, 0) is 23.3 Å². The van der Waals surface area contributed by atoms with E-state index in [0.29, 0.717) is 11.6 Å². The van der Waals surface area contributed by atoms with Gasteiger partial charge in [-0.1, -0.05) is 63.9 Å². The minimum atomic E-state index is 0.615. The van der Waals surface area contributed by atoms with Crippen molar-refractivity contribution in [1.82, 2.24) is 0 Å². The van der Waals surface area contributed by atoms with Crippen LogP contribution < -0.4 is 4.74 Å². The van der Waals surface area contributed by atoms with Crippen molar-refractivity contribution < 1.29 is 4.74 Å². The molecular formula is C14H12BrClO. The van der Waals surface area contributed by atoms with Crippen molar-refractivity contribution in [3.63, 3.8) is 0 Å². The predicted octanol–water partition coefficient (Wildman–Crippen LogP) is 4.78. The topological polar surface area (TPSA) is 9.23 Å². The normalized spacial score (nSPS) is 10.2. The van der Waals surface area contributed by atoms with Crippen LogP contribution in [0.4, 0.5) is 0 Å². The van der Waals surface area contributed by atoms with Gasteiger partial charge in [0, 0.05) is 5.33 Å². The molecule has 2 rings (SSSR count). The highest BCUT2D eigenvalue weighted by Crippen LogP contribution is 2.30. The SMILES string of the molecule is Clc1cc(-c2ccccc2)ccc1OCCBr. The maximum Gasteiger partial charge on any atom is 0.137 e. The fourth-order valence-electron chi connectivity index (χ4n) is 1.58. The first kappa shape index (κ1) is 12.5. The van der Waals surface area contributed by atoms with Gasteiger partial charge in [0.05, 0.1) is 11.6 Å². The van der Waals surface area contributed by atoms with Gasteiger partial charge >= 0.3 is 0 Å². The van der Waals surface area contributed by atoms with E-state index in [1.165, 1.54) is 0 Å². The molecule has 0 spiro atoms. The van der Waals surface area contributed by atoms with Crippen LogP contribution in [0.25, 0.3) is 11.1 Å². The largest absolute Gasteiger partial charge is 0.491 e. The fourth-order valence-corrected chi connectivity index (χ4v) is 1.97. The molecule has 0 fully saturated rings. The maximum absolute atomic E-state index is 6.17. The summed E-state index contributed by atoms with van der Waals surface area (Å²) in [6.45, 7) is 0.615. The Labute approximate surface area is 115 Å². The number of hydrogen-bond donors (Lipinski definition) is 0. The Morgan fingerprint density at radius 3 is 2.41 bits per heavy atom. The Morgan fingerprint density at radius 1 is 1.00 bits per heavy atom. The molecule has 0 aromatic heterocycles. The van der Waals surface area contributed by atoms with Gasteiger partial charge in [-0.3, -0.25) is 0 Å². The molecular weight excluding hydrogens is 300 g/mol. The molecule has 0 atom stereocenters. The van der Waals surface area contributed by atoms with Crippen molar-refractivity contribution >= 4 is 27.5 Å². The van der Waals surface area contributed by atoms with Crippen molar-refractivity contribution in [2.75, 3.05) is 11.9 Å². The number of ether oxygens (including phenoxy) is 1. The van der Waals surface area contributed by atoms with E-state index in [4.69, 9.17) is 16.3 Å². The average molecular weight is 312 g/mol. The van der Waals surface area contributed by atoms with Gasteiger partial charge in [-0.15, -0.1) is 0 Å². The third-order valence-corrected chi connectivity index (χ3v) is 2.99. The van der Waals surface area contributed by atoms with Gasteiger partial charge in [-0.25, -0.2) is 0 Å². The molecule has 0 aliphatic rings. The molecule has 0 aliphatic carbocycles. The number of rotatable bonds is 4. The first-order valence-corrected chi connectivity index (χ1v) is 6.85. The van der Waals surface area contributed by atoms with Gasteiger partial charge in [-0.2, -0.15) is 0 Å². The molecule has 0 aliphatic heterocycles. The quantitative estimate of drug-likeness (QED) is 0.738. The fraction of sp³-hybridized carbons (Fsp3) is 0.143. The van der Waals surface area contributed by atoms with Gasteiger partial charge < -0.3 is 4.74 Å². The van der Waals surface area contributed by atoms with Gasteiger partial charge in [0.2, 0.25) is 0 Å². The van der Waals surface area contributed by atoms with Crippen molar-refractivity contribution in [2.45, 2.75) is 0 Å². The van der Waals surface area contributed by atoms with Crippen molar-refractivity contribution in [1.29, 1.82) is 0 Å². The van der Waals surface area contributed by atoms with Crippen LogP contribution in [0.5, 0.6) is 5.75 Å². The van der Waals surface area contributed by atoms with Gasteiger partial charge in [0.25, 0.3) is 0 Å². The molecule has 88 valence electrons. The summed E-state index contributed by atoms with van der Waals surface area (Å²) in [7, 11) is 0. The Balaban J connectivity index is 2.25. The monoisotopic (exact) mass is 310 g/mol. The Kier molecular flexibility index (Phi) is 4.46. The minimum absolute atomic E-state index is 0.615. The zero-order valence-electron chi connectivity index (χ0n) is 9.20. The van der Waals surface area contributed by atoms with Crippen LogP contribution in [0.2, 0.25) is 5.02 Å². The average Bonchev–Trinajstić information content (AvgIpc) is 2.38. The van der Waals surface area contributed by atoms with Crippen LogP contribution in [0.15, 0.2) is 48.5 Å². The second kappa shape index (κ2) is 6.08. The number of benzene rings is 2. The lowest BCUT2D eigenvalue weighted by molar-refractivity contribution is 0.345. The van der Waals surface area contributed by atoms with Crippen LogP contribution in [0.1, 0.15) is 0 Å². The number of hydrogen-bond acceptors (Lipinski definition) is 1. The van der Waals surface area contributed by atoms with Crippen LogP contribution in [0, 0.1) is 0 Å².